The van der Waals surface area contributed by atoms with E-state index in [1.165, 1.54) is 7.11 Å². The van der Waals surface area contributed by atoms with Gasteiger partial charge < -0.3 is 19.2 Å². The summed E-state index contributed by atoms with van der Waals surface area (Å²) in [6.07, 6.45) is -0.164. The molecule has 0 saturated carbocycles. The maximum Gasteiger partial charge on any atom is 0.364 e. The Labute approximate surface area is 138 Å². The second-order valence-corrected chi connectivity index (χ2v) is 5.87. The lowest BCUT2D eigenvalue weighted by atomic mass is 10.2. The zero-order valence-corrected chi connectivity index (χ0v) is 13.5. The summed E-state index contributed by atoms with van der Waals surface area (Å²) in [5, 5.41) is 14.2. The number of aliphatic hydroxyl groups is 1. The lowest BCUT2D eigenvalue weighted by Crippen LogP contribution is -3.14. The lowest BCUT2D eigenvalue weighted by Gasteiger charge is -2.18. The summed E-state index contributed by atoms with van der Waals surface area (Å²) in [7, 11) is 1.35. The Kier molecular flexibility index (Phi) is 4.56. The van der Waals surface area contributed by atoms with Gasteiger partial charge in [-0.25, -0.2) is 4.79 Å². The molecule has 2 N–H and O–H groups in total. The maximum absolute atomic E-state index is 11.8. The molecule has 2 heterocycles. The summed E-state index contributed by atoms with van der Waals surface area (Å²) in [5.41, 5.74) is 0.832. The highest BCUT2D eigenvalue weighted by Crippen LogP contribution is 2.16. The number of ether oxygens (including phenoxy) is 1. The van der Waals surface area contributed by atoms with Gasteiger partial charge in [0, 0.05) is 12.0 Å². The van der Waals surface area contributed by atoms with Gasteiger partial charge in [0.05, 0.1) is 7.11 Å². The fourth-order valence-corrected chi connectivity index (χ4v) is 3.03. The van der Waals surface area contributed by atoms with Crippen LogP contribution in [0.3, 0.4) is 0 Å². The largest absolute Gasteiger partial charge is 0.465 e. The van der Waals surface area contributed by atoms with E-state index in [9.17, 15) is 9.90 Å². The van der Waals surface area contributed by atoms with Crippen LogP contribution in [0.2, 0.25) is 0 Å². The van der Waals surface area contributed by atoms with Gasteiger partial charge in [0.15, 0.2) is 12.7 Å². The van der Waals surface area contributed by atoms with Crippen LogP contribution in [0, 0.1) is 4.84 Å². The highest BCUT2D eigenvalue weighted by molar-refractivity contribution is 7.71. The van der Waals surface area contributed by atoms with Crippen molar-refractivity contribution in [3.8, 4) is 11.5 Å². The average molecular weight is 336 g/mol. The van der Waals surface area contributed by atoms with Crippen LogP contribution in [0.1, 0.15) is 6.42 Å². The highest BCUT2D eigenvalue weighted by atomic mass is 32.1. The number of hydrogen-bond donors (Lipinski definition) is 2. The van der Waals surface area contributed by atoms with Gasteiger partial charge in [-0.2, -0.15) is 4.68 Å². The van der Waals surface area contributed by atoms with E-state index < -0.39 is 12.1 Å². The third-order valence-electron chi connectivity index (χ3n) is 3.96. The van der Waals surface area contributed by atoms with Crippen LogP contribution < -0.4 is 4.90 Å². The molecule has 7 nitrogen and oxygen atoms in total. The summed E-state index contributed by atoms with van der Waals surface area (Å²) < 4.78 is 11.9. The van der Waals surface area contributed by atoms with E-state index in [0.29, 0.717) is 25.5 Å². The number of nitrogens with one attached hydrogen (secondary N) is 1. The molecule has 0 aliphatic carbocycles. The molecule has 1 aliphatic rings. The number of aliphatic hydroxyl groups excluding tert-OH is 1. The van der Waals surface area contributed by atoms with Crippen LogP contribution in [-0.4, -0.2) is 46.7 Å². The smallest absolute Gasteiger partial charge is 0.364 e. The van der Waals surface area contributed by atoms with Crippen molar-refractivity contribution >= 4 is 18.2 Å². The first-order chi connectivity index (χ1) is 11.1. The first-order valence-corrected chi connectivity index (χ1v) is 7.73. The number of rotatable bonds is 4. The van der Waals surface area contributed by atoms with E-state index in [-0.39, 0.29) is 10.8 Å². The Hall–Kier alpha value is -2.03. The van der Waals surface area contributed by atoms with Crippen LogP contribution in [0.5, 0.6) is 0 Å². The molecule has 3 rings (SSSR count). The van der Waals surface area contributed by atoms with E-state index in [1.54, 1.807) is 4.68 Å². The number of esters is 1. The Morgan fingerprint density at radius 2 is 2.26 bits per heavy atom. The fourth-order valence-electron chi connectivity index (χ4n) is 2.84. The number of aromatic nitrogens is 2. The molecular weight excluding hydrogens is 318 g/mol. The fraction of sp³-hybridized carbons (Fsp3) is 0.400. The van der Waals surface area contributed by atoms with Crippen molar-refractivity contribution < 1.29 is 24.0 Å². The van der Waals surface area contributed by atoms with Gasteiger partial charge in [0.2, 0.25) is 5.89 Å². The Morgan fingerprint density at radius 3 is 2.96 bits per heavy atom. The molecule has 0 spiro atoms. The van der Waals surface area contributed by atoms with Gasteiger partial charge in [-0.3, -0.25) is 0 Å². The van der Waals surface area contributed by atoms with Crippen LogP contribution >= 0.6 is 12.2 Å². The van der Waals surface area contributed by atoms with Crippen LogP contribution in [0.4, 0.5) is 0 Å². The van der Waals surface area contributed by atoms with E-state index >= 15 is 0 Å². The standard InChI is InChI=1S/C15H17N3O4S/c1-21-14(20)12-7-11(19)8-17(12)9-18-15(23)22-13(16-18)10-5-3-2-4-6-10/h2-6,11-12,19H,7-9H2,1H3/p+1/t11-,12+/m1/s1. The predicted octanol–water partition coefficient (Wildman–Crippen LogP) is 0.0212. The average Bonchev–Trinajstić information content (AvgIpc) is 3.11. The SMILES string of the molecule is COC(=O)[C@@H]1C[C@@H](O)C[NH+]1Cn1nc(-c2ccccc2)oc1=S. The normalized spacial score (nSPS) is 23.8. The maximum atomic E-state index is 11.8. The molecule has 8 heteroatoms. The molecular formula is C15H18N3O4S+. The van der Waals surface area contributed by atoms with Crippen LogP contribution in [0.25, 0.3) is 11.5 Å². The minimum Gasteiger partial charge on any atom is -0.465 e. The second kappa shape index (κ2) is 6.61. The molecule has 0 amide bonds. The third-order valence-corrected chi connectivity index (χ3v) is 4.26. The number of carbonyl (C=O) groups is 1. The first kappa shape index (κ1) is 15.9. The number of likely N-dealkylation sites (tertiary alicyclic amines) is 1. The summed E-state index contributed by atoms with van der Waals surface area (Å²) in [6.45, 7) is 0.779. The molecule has 23 heavy (non-hydrogen) atoms. The monoisotopic (exact) mass is 336 g/mol. The van der Waals surface area contributed by atoms with Crippen molar-refractivity contribution in [2.24, 2.45) is 0 Å². The molecule has 1 fully saturated rings. The summed E-state index contributed by atoms with van der Waals surface area (Å²) in [6, 6.07) is 9.04. The molecule has 1 aliphatic heterocycles. The Bertz CT molecular complexity index is 743. The van der Waals surface area contributed by atoms with Gasteiger partial charge >= 0.3 is 5.97 Å². The Morgan fingerprint density at radius 1 is 1.52 bits per heavy atom. The third kappa shape index (κ3) is 3.34. The van der Waals surface area contributed by atoms with E-state index in [0.717, 1.165) is 10.5 Å². The molecule has 1 aromatic carbocycles. The van der Waals surface area contributed by atoms with Crippen molar-refractivity contribution in [1.29, 1.82) is 0 Å². The first-order valence-electron chi connectivity index (χ1n) is 7.32. The van der Waals surface area contributed by atoms with E-state index in [1.807, 2.05) is 30.3 Å². The molecule has 0 radical (unpaired) electrons. The summed E-state index contributed by atoms with van der Waals surface area (Å²) in [5.74, 6) is 0.0965. The van der Waals surface area contributed by atoms with Crippen molar-refractivity contribution in [1.82, 2.24) is 9.78 Å². The van der Waals surface area contributed by atoms with Gasteiger partial charge in [-0.05, 0) is 24.4 Å². The quantitative estimate of drug-likeness (QED) is 0.605. The molecule has 1 aromatic heterocycles. The number of hydrogen-bond acceptors (Lipinski definition) is 6. The number of methoxy groups -OCH3 is 1. The topological polar surface area (TPSA) is 81.9 Å². The second-order valence-electron chi connectivity index (χ2n) is 5.52. The summed E-state index contributed by atoms with van der Waals surface area (Å²) in [4.78, 5) is 12.9. The van der Waals surface area contributed by atoms with Crippen LogP contribution in [0.15, 0.2) is 34.7 Å². The van der Waals surface area contributed by atoms with Gasteiger partial charge in [-0.15, -0.1) is 5.10 Å². The van der Waals surface area contributed by atoms with Crippen molar-refractivity contribution in [2.45, 2.75) is 25.2 Å². The number of carbonyl (C=O) groups excluding carboxylic acids is 1. The minimum absolute atomic E-state index is 0.237. The highest BCUT2D eigenvalue weighted by Gasteiger charge is 2.41. The number of quaternary nitrogens is 1. The van der Waals surface area contributed by atoms with E-state index in [4.69, 9.17) is 21.4 Å². The van der Waals surface area contributed by atoms with Gasteiger partial charge in [0.25, 0.3) is 4.84 Å². The van der Waals surface area contributed by atoms with Crippen molar-refractivity contribution in [3.63, 3.8) is 0 Å². The number of benzene rings is 1. The molecule has 122 valence electrons. The van der Waals surface area contributed by atoms with Gasteiger partial charge in [-0.1, -0.05) is 18.2 Å². The molecule has 1 saturated heterocycles. The van der Waals surface area contributed by atoms with Crippen LogP contribution in [-0.2, 0) is 16.2 Å². The predicted molar refractivity (Wildman–Crippen MR) is 83.0 cm³/mol. The molecule has 3 atom stereocenters. The minimum atomic E-state index is -0.538. The summed E-state index contributed by atoms with van der Waals surface area (Å²) >= 11 is 5.21. The molecule has 0 bridgehead atoms. The zero-order chi connectivity index (χ0) is 16.4. The zero-order valence-electron chi connectivity index (χ0n) is 12.6. The van der Waals surface area contributed by atoms with Gasteiger partial charge in [0.1, 0.15) is 12.6 Å². The van der Waals surface area contributed by atoms with Crippen molar-refractivity contribution in [3.05, 3.63) is 35.2 Å². The lowest BCUT2D eigenvalue weighted by molar-refractivity contribution is -0.928. The molecule has 2 aromatic rings. The van der Waals surface area contributed by atoms with Crippen molar-refractivity contribution in [2.75, 3.05) is 13.7 Å². The van der Waals surface area contributed by atoms with E-state index in [2.05, 4.69) is 5.10 Å². The Balaban J connectivity index is 1.82. The molecule has 1 unspecified atom stereocenters. The number of nitrogens with zero attached hydrogens (tertiary/aromatic N) is 2.